The molecule has 0 amide bonds. The highest BCUT2D eigenvalue weighted by Gasteiger charge is 2.07. The quantitative estimate of drug-likeness (QED) is 0.791. The van der Waals surface area contributed by atoms with Gasteiger partial charge in [0.2, 0.25) is 0 Å². The van der Waals surface area contributed by atoms with Crippen LogP contribution >= 0.6 is 22.7 Å². The van der Waals surface area contributed by atoms with E-state index in [9.17, 15) is 0 Å². The zero-order valence-corrected chi connectivity index (χ0v) is 11.3. The summed E-state index contributed by atoms with van der Waals surface area (Å²) in [6, 6.07) is 3.96. The third-order valence-electron chi connectivity index (χ3n) is 2.31. The molecule has 4 nitrogen and oxygen atoms in total. The van der Waals surface area contributed by atoms with E-state index in [2.05, 4.69) is 20.3 Å². The first-order chi connectivity index (χ1) is 8.81. The maximum Gasteiger partial charge on any atom is 0.188 e. The Hall–Kier alpha value is -1.79. The third-order valence-corrected chi connectivity index (χ3v) is 3.86. The van der Waals surface area contributed by atoms with Gasteiger partial charge in [-0.3, -0.25) is 0 Å². The molecule has 0 saturated carbocycles. The molecule has 0 fully saturated rings. The van der Waals surface area contributed by atoms with Crippen LogP contribution in [-0.2, 0) is 0 Å². The van der Waals surface area contributed by atoms with Gasteiger partial charge in [-0.25, -0.2) is 15.0 Å². The molecule has 6 heteroatoms. The number of hydrogen-bond donors (Lipinski definition) is 1. The number of hydrogen-bond acceptors (Lipinski definition) is 6. The Balaban J connectivity index is 1.82. The van der Waals surface area contributed by atoms with E-state index in [1.807, 2.05) is 29.8 Å². The summed E-state index contributed by atoms with van der Waals surface area (Å²) in [6.45, 7) is 2.04. The molecule has 3 aromatic heterocycles. The Morgan fingerprint density at radius 2 is 2.11 bits per heavy atom. The monoisotopic (exact) mass is 274 g/mol. The summed E-state index contributed by atoms with van der Waals surface area (Å²) in [5.41, 5.74) is 2.08. The van der Waals surface area contributed by atoms with Gasteiger partial charge in [0.1, 0.15) is 16.5 Å². The fourth-order valence-electron chi connectivity index (χ4n) is 1.49. The van der Waals surface area contributed by atoms with Crippen molar-refractivity contribution in [2.24, 2.45) is 0 Å². The summed E-state index contributed by atoms with van der Waals surface area (Å²) >= 11 is 3.14. The Labute approximate surface area is 112 Å². The Kier molecular flexibility index (Phi) is 3.04. The van der Waals surface area contributed by atoms with Gasteiger partial charge in [0.15, 0.2) is 5.13 Å². The largest absolute Gasteiger partial charge is 0.316 e. The molecule has 0 aliphatic rings. The van der Waals surface area contributed by atoms with E-state index in [-0.39, 0.29) is 0 Å². The second-order valence-corrected chi connectivity index (χ2v) is 5.47. The lowest BCUT2D eigenvalue weighted by Gasteiger charge is -2.01. The van der Waals surface area contributed by atoms with Crippen molar-refractivity contribution in [2.75, 3.05) is 5.32 Å². The van der Waals surface area contributed by atoms with Gasteiger partial charge >= 0.3 is 0 Å². The normalized spacial score (nSPS) is 10.5. The van der Waals surface area contributed by atoms with Gasteiger partial charge < -0.3 is 5.32 Å². The molecule has 0 radical (unpaired) electrons. The summed E-state index contributed by atoms with van der Waals surface area (Å²) in [5.74, 6) is 0.815. The van der Waals surface area contributed by atoms with Crippen LogP contribution in [-0.4, -0.2) is 15.0 Å². The van der Waals surface area contributed by atoms with Gasteiger partial charge in [-0.05, 0) is 24.6 Å². The number of aromatic nitrogens is 3. The number of nitrogens with zero attached hydrogens (tertiary/aromatic N) is 3. The zero-order chi connectivity index (χ0) is 12.4. The fourth-order valence-corrected chi connectivity index (χ4v) is 2.87. The number of anilines is 2. The number of aryl methyl sites for hydroxylation is 1. The molecule has 1 N–H and O–H groups in total. The minimum Gasteiger partial charge on any atom is -0.316 e. The van der Waals surface area contributed by atoms with Crippen LogP contribution in [0, 0.1) is 6.92 Å². The first-order valence-electron chi connectivity index (χ1n) is 5.36. The second kappa shape index (κ2) is 4.83. The maximum absolute atomic E-state index is 4.49. The van der Waals surface area contributed by atoms with Crippen molar-refractivity contribution >= 4 is 33.6 Å². The molecule has 3 heterocycles. The lowest BCUT2D eigenvalue weighted by molar-refractivity contribution is 1.26. The molecule has 0 saturated heterocycles. The minimum atomic E-state index is 0.815. The van der Waals surface area contributed by atoms with E-state index >= 15 is 0 Å². The zero-order valence-electron chi connectivity index (χ0n) is 9.62. The average molecular weight is 274 g/mol. The molecule has 3 aromatic rings. The van der Waals surface area contributed by atoms with Gasteiger partial charge in [-0.15, -0.1) is 22.7 Å². The lowest BCUT2D eigenvalue weighted by atomic mass is 10.3. The highest BCUT2D eigenvalue weighted by Crippen LogP contribution is 2.27. The van der Waals surface area contributed by atoms with Crippen molar-refractivity contribution in [1.82, 2.24) is 15.0 Å². The van der Waals surface area contributed by atoms with Gasteiger partial charge in [-0.1, -0.05) is 0 Å². The molecule has 0 atom stereocenters. The van der Waals surface area contributed by atoms with Crippen LogP contribution in [0.1, 0.15) is 5.56 Å². The Morgan fingerprint density at radius 1 is 1.17 bits per heavy atom. The maximum atomic E-state index is 4.49. The molecule has 18 heavy (non-hydrogen) atoms. The average Bonchev–Trinajstić information content (AvgIpc) is 2.98. The smallest absolute Gasteiger partial charge is 0.188 e. The van der Waals surface area contributed by atoms with Crippen molar-refractivity contribution < 1.29 is 0 Å². The van der Waals surface area contributed by atoms with Crippen molar-refractivity contribution in [2.45, 2.75) is 6.92 Å². The first kappa shape index (κ1) is 11.3. The molecular weight excluding hydrogens is 264 g/mol. The summed E-state index contributed by atoms with van der Waals surface area (Å²) in [4.78, 5) is 13.0. The third kappa shape index (κ3) is 2.39. The van der Waals surface area contributed by atoms with Crippen LogP contribution in [0.2, 0.25) is 0 Å². The minimum absolute atomic E-state index is 0.815. The van der Waals surface area contributed by atoms with E-state index in [0.29, 0.717) is 0 Å². The molecule has 0 aliphatic carbocycles. The molecule has 0 bridgehead atoms. The fraction of sp³-hybridized carbons (Fsp3) is 0.0833. The van der Waals surface area contributed by atoms with Crippen LogP contribution in [0.5, 0.6) is 0 Å². The molecule has 0 aliphatic heterocycles. The molecule has 0 aromatic carbocycles. The molecule has 0 unspecified atom stereocenters. The SMILES string of the molecule is Cc1ccnc(Nc2nc(-c3nccs3)cs2)c1. The van der Waals surface area contributed by atoms with E-state index in [0.717, 1.165) is 21.7 Å². The molecular formula is C12H10N4S2. The van der Waals surface area contributed by atoms with Crippen molar-refractivity contribution in [3.05, 3.63) is 40.8 Å². The van der Waals surface area contributed by atoms with Crippen LogP contribution in [0.3, 0.4) is 0 Å². The highest BCUT2D eigenvalue weighted by molar-refractivity contribution is 7.15. The van der Waals surface area contributed by atoms with Crippen LogP contribution in [0.15, 0.2) is 35.3 Å². The first-order valence-corrected chi connectivity index (χ1v) is 7.12. The van der Waals surface area contributed by atoms with E-state index in [1.54, 1.807) is 35.1 Å². The van der Waals surface area contributed by atoms with Gasteiger partial charge in [0.05, 0.1) is 0 Å². The lowest BCUT2D eigenvalue weighted by Crippen LogP contribution is -1.92. The predicted octanol–water partition coefficient (Wildman–Crippen LogP) is 3.71. The molecule has 0 spiro atoms. The van der Waals surface area contributed by atoms with E-state index in [1.165, 1.54) is 5.56 Å². The number of thiazole rings is 2. The summed E-state index contributed by atoms with van der Waals surface area (Å²) in [6.07, 6.45) is 3.57. The summed E-state index contributed by atoms with van der Waals surface area (Å²) in [7, 11) is 0. The van der Waals surface area contributed by atoms with Crippen molar-refractivity contribution in [3.63, 3.8) is 0 Å². The van der Waals surface area contributed by atoms with Gasteiger partial charge in [0.25, 0.3) is 0 Å². The predicted molar refractivity (Wildman–Crippen MR) is 75.5 cm³/mol. The van der Waals surface area contributed by atoms with Crippen molar-refractivity contribution in [1.29, 1.82) is 0 Å². The molecule has 3 rings (SSSR count). The number of nitrogens with one attached hydrogen (secondary N) is 1. The van der Waals surface area contributed by atoms with E-state index < -0.39 is 0 Å². The standard InChI is InChI=1S/C12H10N4S2/c1-8-2-3-13-10(6-8)16-12-15-9(7-18-12)11-14-4-5-17-11/h2-7H,1H3,(H,13,15,16). The van der Waals surface area contributed by atoms with E-state index in [4.69, 9.17) is 0 Å². The number of pyridine rings is 1. The van der Waals surface area contributed by atoms with Crippen molar-refractivity contribution in [3.8, 4) is 10.7 Å². The van der Waals surface area contributed by atoms with Crippen LogP contribution in [0.25, 0.3) is 10.7 Å². The number of rotatable bonds is 3. The second-order valence-electron chi connectivity index (χ2n) is 3.72. The van der Waals surface area contributed by atoms with Gasteiger partial charge in [0, 0.05) is 23.2 Å². The summed E-state index contributed by atoms with van der Waals surface area (Å²) in [5, 5.41) is 8.92. The van der Waals surface area contributed by atoms with Gasteiger partial charge in [-0.2, -0.15) is 0 Å². The topological polar surface area (TPSA) is 50.7 Å². The highest BCUT2D eigenvalue weighted by atomic mass is 32.1. The van der Waals surface area contributed by atoms with Crippen LogP contribution in [0.4, 0.5) is 10.9 Å². The Bertz CT molecular complexity index is 646. The Morgan fingerprint density at radius 3 is 2.89 bits per heavy atom. The summed E-state index contributed by atoms with van der Waals surface area (Å²) < 4.78 is 0. The molecule has 90 valence electrons. The van der Waals surface area contributed by atoms with Crippen LogP contribution < -0.4 is 5.32 Å².